The lowest BCUT2D eigenvalue weighted by atomic mass is 10.3. The topological polar surface area (TPSA) is 77.3 Å². The molecule has 0 fully saturated rings. The summed E-state index contributed by atoms with van der Waals surface area (Å²) in [7, 11) is 0. The van der Waals surface area contributed by atoms with Gasteiger partial charge in [0.1, 0.15) is 36.5 Å². The number of nitrogens with zero attached hydrogens (tertiary/aromatic N) is 6. The highest BCUT2D eigenvalue weighted by molar-refractivity contribution is 6.42. The summed E-state index contributed by atoms with van der Waals surface area (Å²) in [5.74, 6) is -3.89. The molecule has 0 N–H and O–H groups in total. The van der Waals surface area contributed by atoms with Gasteiger partial charge in [0.2, 0.25) is 17.8 Å². The van der Waals surface area contributed by atoms with Crippen LogP contribution in [0, 0.1) is 17.8 Å². The zero-order valence-electron chi connectivity index (χ0n) is 33.6. The minimum atomic E-state index is -4.75. The molecule has 0 aliphatic rings. The van der Waals surface area contributed by atoms with Gasteiger partial charge in [-0.1, -0.05) is 128 Å². The van der Waals surface area contributed by atoms with Gasteiger partial charge < -0.3 is 0 Å². The highest BCUT2D eigenvalue weighted by atomic mass is 35.5. The summed E-state index contributed by atoms with van der Waals surface area (Å²) >= 11 is 57.3. The van der Waals surface area contributed by atoms with Crippen molar-refractivity contribution >= 4 is 128 Å². The predicted octanol–water partition coefficient (Wildman–Crippen LogP) is 20.2. The fourth-order valence-corrected chi connectivity index (χ4v) is 5.84. The molecule has 6 aromatic rings. The van der Waals surface area contributed by atoms with Crippen LogP contribution in [0.4, 0.5) is 92.2 Å². The lowest BCUT2D eigenvalue weighted by Crippen LogP contribution is -2.09. The SMILES string of the molecule is FC(F)(F)c1cc(Cl)c(Cl)nc1Cl.FC(F)(F)c1cc(Cl)cnc1Cl.FC(F)(F)c1ccc(Cl)nc1Cl.Fc1nc(Cl)c(C(F)(F)F)cc1Cl.Fc1ncc(C(F)(F)F)cc1Cl.Fc1ncc(Cl)cc1C(F)(F)F. The van der Waals surface area contributed by atoms with Gasteiger partial charge in [-0.05, 0) is 42.5 Å². The molecule has 0 spiro atoms. The fourth-order valence-electron chi connectivity index (χ4n) is 3.73. The first-order valence-electron chi connectivity index (χ1n) is 17.0. The lowest BCUT2D eigenvalue weighted by Gasteiger charge is -2.08. The van der Waals surface area contributed by atoms with Crippen LogP contribution in [0.5, 0.6) is 0 Å². The number of aromatic nitrogens is 6. The molecular formula is C36H10Cl11F21N6. The van der Waals surface area contributed by atoms with Crippen molar-refractivity contribution in [3.63, 3.8) is 0 Å². The standard InChI is InChI=1S/C6HCl3F3N.C6HCl2F4N.2C6H2Cl2F3N.2C6H2ClF4N/c2*7-3-1-2(6(10,11)12)4(8)13-5(3)9;7-3-1-4(6(9,10)11)5(8)12-2-3;7-4-2-1-3(5(8)12-4)6(9,10)11;7-3-1-4(6(9,10)11)5(8)12-2-3;7-4-1-3(6(9,10)11)2-12-5(4)8/h2*1H;4*1-2H. The summed E-state index contributed by atoms with van der Waals surface area (Å²) in [6, 6.07) is 4.57. The molecule has 0 aliphatic heterocycles. The summed E-state index contributed by atoms with van der Waals surface area (Å²) < 4.78 is 253. The van der Waals surface area contributed by atoms with E-state index in [1.807, 2.05) is 0 Å². The van der Waals surface area contributed by atoms with Gasteiger partial charge in [-0.3, -0.25) is 0 Å². The van der Waals surface area contributed by atoms with Crippen molar-refractivity contribution < 1.29 is 92.2 Å². The molecule has 0 saturated heterocycles. The number of alkyl halides is 18. The van der Waals surface area contributed by atoms with Crippen LogP contribution < -0.4 is 0 Å². The van der Waals surface area contributed by atoms with Crippen LogP contribution in [0.15, 0.2) is 61.1 Å². The monoisotopic (exact) mass is 1310 g/mol. The van der Waals surface area contributed by atoms with Crippen LogP contribution in [0.25, 0.3) is 0 Å². The summed E-state index contributed by atoms with van der Waals surface area (Å²) in [4.78, 5) is 18.2. The van der Waals surface area contributed by atoms with Crippen molar-refractivity contribution in [1.29, 1.82) is 0 Å². The van der Waals surface area contributed by atoms with E-state index >= 15 is 0 Å². The van der Waals surface area contributed by atoms with Crippen LogP contribution in [0.3, 0.4) is 0 Å². The smallest absolute Gasteiger partial charge is 0.242 e. The van der Waals surface area contributed by atoms with Gasteiger partial charge in [-0.2, -0.15) is 92.2 Å². The number of hydrogen-bond acceptors (Lipinski definition) is 6. The molecule has 408 valence electrons. The van der Waals surface area contributed by atoms with Gasteiger partial charge in [0.25, 0.3) is 0 Å². The third-order valence-electron chi connectivity index (χ3n) is 6.85. The van der Waals surface area contributed by atoms with Gasteiger partial charge in [0.15, 0.2) is 0 Å². The molecule has 0 amide bonds. The maximum absolute atomic E-state index is 12.5. The second-order valence-corrected chi connectivity index (χ2v) is 16.4. The minimum Gasteiger partial charge on any atom is -0.242 e. The van der Waals surface area contributed by atoms with E-state index in [2.05, 4.69) is 29.9 Å². The lowest BCUT2D eigenvalue weighted by molar-refractivity contribution is -0.141. The first-order chi connectivity index (χ1) is 33.3. The first kappa shape index (κ1) is 68.6. The molecule has 0 bridgehead atoms. The molecular weight excluding hydrogens is 1310 g/mol. The Morgan fingerprint density at radius 3 is 1.08 bits per heavy atom. The van der Waals surface area contributed by atoms with Gasteiger partial charge in [-0.25, -0.2) is 29.9 Å². The van der Waals surface area contributed by atoms with E-state index in [0.717, 1.165) is 30.6 Å². The van der Waals surface area contributed by atoms with Gasteiger partial charge >= 0.3 is 37.1 Å². The van der Waals surface area contributed by atoms with Gasteiger partial charge in [0, 0.05) is 18.6 Å². The minimum absolute atomic E-state index is 0.0620. The number of halogens is 32. The van der Waals surface area contributed by atoms with E-state index in [9.17, 15) is 92.2 Å². The van der Waals surface area contributed by atoms with E-state index < -0.39 is 119 Å². The zero-order chi connectivity index (χ0) is 57.9. The normalized spacial score (nSPS) is 11.8. The molecule has 0 atom stereocenters. The predicted molar refractivity (Wildman–Crippen MR) is 230 cm³/mol. The molecule has 0 aliphatic carbocycles. The van der Waals surface area contributed by atoms with E-state index in [-0.39, 0.29) is 25.4 Å². The molecule has 0 saturated carbocycles. The Balaban J connectivity index is 0.000000444. The molecule has 0 aromatic carbocycles. The molecule has 6 rings (SSSR count). The highest BCUT2D eigenvalue weighted by Gasteiger charge is 2.38. The van der Waals surface area contributed by atoms with E-state index in [1.54, 1.807) is 0 Å². The van der Waals surface area contributed by atoms with Gasteiger partial charge in [0.05, 0.1) is 52.9 Å². The summed E-state index contributed by atoms with van der Waals surface area (Å²) in [6.45, 7) is 0. The Bertz CT molecular complexity index is 2720. The van der Waals surface area contributed by atoms with Crippen LogP contribution in [-0.4, -0.2) is 29.9 Å². The Kier molecular flexibility index (Phi) is 25.8. The van der Waals surface area contributed by atoms with Crippen LogP contribution >= 0.6 is 128 Å². The summed E-state index contributed by atoms with van der Waals surface area (Å²) in [5.41, 5.74) is -6.85. The Labute approximate surface area is 452 Å². The van der Waals surface area contributed by atoms with Crippen LogP contribution in [0.2, 0.25) is 56.0 Å². The maximum Gasteiger partial charge on any atom is 0.420 e. The molecule has 6 aromatic heterocycles. The van der Waals surface area contributed by atoms with Crippen molar-refractivity contribution in [3.05, 3.63) is 168 Å². The van der Waals surface area contributed by atoms with Gasteiger partial charge in [-0.15, -0.1) is 0 Å². The summed E-state index contributed by atoms with van der Waals surface area (Å²) in [5, 5.41) is -5.15. The second-order valence-electron chi connectivity index (χ2n) is 12.1. The maximum atomic E-state index is 12.5. The highest BCUT2D eigenvalue weighted by Crippen LogP contribution is 2.39. The van der Waals surface area contributed by atoms with Crippen LogP contribution in [0.1, 0.15) is 33.4 Å². The molecule has 0 radical (unpaired) electrons. The summed E-state index contributed by atoms with van der Waals surface area (Å²) in [6.07, 6.45) is -25.3. The number of hydrogen-bond donors (Lipinski definition) is 0. The third-order valence-corrected chi connectivity index (χ3v) is 9.84. The Morgan fingerprint density at radius 1 is 0.297 bits per heavy atom. The first-order valence-corrected chi connectivity index (χ1v) is 21.2. The number of rotatable bonds is 0. The largest absolute Gasteiger partial charge is 0.420 e. The average molecular weight is 1320 g/mol. The fraction of sp³-hybridized carbons (Fsp3) is 0.167. The van der Waals surface area contributed by atoms with E-state index in [4.69, 9.17) is 128 Å². The molecule has 74 heavy (non-hydrogen) atoms. The van der Waals surface area contributed by atoms with Crippen molar-refractivity contribution in [2.45, 2.75) is 37.1 Å². The van der Waals surface area contributed by atoms with E-state index in [1.165, 1.54) is 0 Å². The zero-order valence-corrected chi connectivity index (χ0v) is 41.9. The molecule has 6 nitrogen and oxygen atoms in total. The third kappa shape index (κ3) is 23.1. The van der Waals surface area contributed by atoms with Crippen LogP contribution in [-0.2, 0) is 37.1 Å². The Morgan fingerprint density at radius 2 is 0.676 bits per heavy atom. The van der Waals surface area contributed by atoms with Crippen molar-refractivity contribution in [1.82, 2.24) is 29.9 Å². The molecule has 0 unspecified atom stereocenters. The molecule has 6 heterocycles. The van der Waals surface area contributed by atoms with Crippen molar-refractivity contribution in [3.8, 4) is 0 Å². The Hall–Kier alpha value is -3.38. The van der Waals surface area contributed by atoms with Crippen molar-refractivity contribution in [2.24, 2.45) is 0 Å². The van der Waals surface area contributed by atoms with E-state index in [0.29, 0.717) is 30.5 Å². The van der Waals surface area contributed by atoms with Crippen molar-refractivity contribution in [2.75, 3.05) is 0 Å². The second kappa shape index (κ2) is 27.8. The quantitative estimate of drug-likeness (QED) is 0.111. The average Bonchev–Trinajstić information content (AvgIpc) is 3.22. The number of pyridine rings is 6. The molecule has 38 heteroatoms.